The third-order valence-electron chi connectivity index (χ3n) is 1.79. The average molecular weight is 194 g/mol. The van der Waals surface area contributed by atoms with E-state index in [2.05, 4.69) is 0 Å². The summed E-state index contributed by atoms with van der Waals surface area (Å²) >= 11 is 0. The van der Waals surface area contributed by atoms with E-state index in [4.69, 9.17) is 9.47 Å². The Labute approximate surface area is 85.8 Å². The van der Waals surface area contributed by atoms with Crippen molar-refractivity contribution in [3.63, 3.8) is 0 Å². The first kappa shape index (κ1) is 11.2. The van der Waals surface area contributed by atoms with E-state index in [-0.39, 0.29) is 12.4 Å². The van der Waals surface area contributed by atoms with Crippen LogP contribution < -0.4 is 0 Å². The lowest BCUT2D eigenvalue weighted by Gasteiger charge is -2.20. The van der Waals surface area contributed by atoms with E-state index >= 15 is 0 Å². The van der Waals surface area contributed by atoms with Crippen LogP contribution in [0.1, 0.15) is 32.6 Å². The minimum atomic E-state index is -0.235. The SMILES string of the molecule is CCOC(OC(C)C)c1ccccc1. The van der Waals surface area contributed by atoms with E-state index in [1.165, 1.54) is 0 Å². The minimum Gasteiger partial charge on any atom is -0.349 e. The van der Waals surface area contributed by atoms with Gasteiger partial charge in [-0.15, -0.1) is 0 Å². The van der Waals surface area contributed by atoms with Crippen LogP contribution in [0, 0.1) is 0 Å². The van der Waals surface area contributed by atoms with Crippen LogP contribution in [0.3, 0.4) is 0 Å². The topological polar surface area (TPSA) is 18.5 Å². The van der Waals surface area contributed by atoms with Gasteiger partial charge in [-0.25, -0.2) is 0 Å². The lowest BCUT2D eigenvalue weighted by Crippen LogP contribution is -2.13. The van der Waals surface area contributed by atoms with E-state index in [0.29, 0.717) is 6.61 Å². The summed E-state index contributed by atoms with van der Waals surface area (Å²) in [4.78, 5) is 0. The number of ether oxygens (including phenoxy) is 2. The van der Waals surface area contributed by atoms with Gasteiger partial charge in [0, 0.05) is 12.2 Å². The molecule has 1 rings (SSSR count). The van der Waals surface area contributed by atoms with Crippen molar-refractivity contribution in [3.05, 3.63) is 35.9 Å². The van der Waals surface area contributed by atoms with Gasteiger partial charge in [-0.3, -0.25) is 0 Å². The molecule has 14 heavy (non-hydrogen) atoms. The fourth-order valence-electron chi connectivity index (χ4n) is 1.22. The highest BCUT2D eigenvalue weighted by Gasteiger charge is 2.12. The van der Waals surface area contributed by atoms with Gasteiger partial charge in [0.2, 0.25) is 0 Å². The predicted octanol–water partition coefficient (Wildman–Crippen LogP) is 3.15. The highest BCUT2D eigenvalue weighted by molar-refractivity contribution is 5.15. The Bertz CT molecular complexity index is 244. The first-order chi connectivity index (χ1) is 6.74. The number of hydrogen-bond donors (Lipinski definition) is 0. The van der Waals surface area contributed by atoms with Crippen molar-refractivity contribution in [1.29, 1.82) is 0 Å². The van der Waals surface area contributed by atoms with Crippen LogP contribution in [0.4, 0.5) is 0 Å². The molecule has 0 aliphatic heterocycles. The Morgan fingerprint density at radius 1 is 1.14 bits per heavy atom. The van der Waals surface area contributed by atoms with Gasteiger partial charge in [0.15, 0.2) is 6.29 Å². The number of hydrogen-bond acceptors (Lipinski definition) is 2. The molecule has 0 heterocycles. The first-order valence-corrected chi connectivity index (χ1v) is 5.06. The molecule has 0 aromatic heterocycles. The molecule has 0 spiro atoms. The number of benzene rings is 1. The Morgan fingerprint density at radius 2 is 1.79 bits per heavy atom. The molecule has 1 atom stereocenters. The van der Waals surface area contributed by atoms with Crippen molar-refractivity contribution in [2.75, 3.05) is 6.61 Å². The molecule has 78 valence electrons. The lowest BCUT2D eigenvalue weighted by molar-refractivity contribution is -0.164. The van der Waals surface area contributed by atoms with E-state index < -0.39 is 0 Å². The van der Waals surface area contributed by atoms with Gasteiger partial charge >= 0.3 is 0 Å². The van der Waals surface area contributed by atoms with Crippen molar-refractivity contribution >= 4 is 0 Å². The molecule has 2 heteroatoms. The maximum absolute atomic E-state index is 5.65. The Balaban J connectivity index is 2.67. The third kappa shape index (κ3) is 3.48. The smallest absolute Gasteiger partial charge is 0.184 e. The molecule has 0 N–H and O–H groups in total. The summed E-state index contributed by atoms with van der Waals surface area (Å²) in [5.41, 5.74) is 1.07. The predicted molar refractivity (Wildman–Crippen MR) is 57.0 cm³/mol. The van der Waals surface area contributed by atoms with Gasteiger partial charge in [0.25, 0.3) is 0 Å². The quantitative estimate of drug-likeness (QED) is 0.670. The summed E-state index contributed by atoms with van der Waals surface area (Å²) in [6, 6.07) is 10.0. The van der Waals surface area contributed by atoms with Gasteiger partial charge < -0.3 is 9.47 Å². The molecule has 0 radical (unpaired) electrons. The summed E-state index contributed by atoms with van der Waals surface area (Å²) in [6.07, 6.45) is -0.0621. The van der Waals surface area contributed by atoms with Crippen LogP contribution in [-0.2, 0) is 9.47 Å². The minimum absolute atomic E-state index is 0.173. The fraction of sp³-hybridized carbons (Fsp3) is 0.500. The van der Waals surface area contributed by atoms with Crippen LogP contribution in [0.2, 0.25) is 0 Å². The summed E-state index contributed by atoms with van der Waals surface area (Å²) in [5, 5.41) is 0. The molecule has 0 saturated carbocycles. The molecule has 1 unspecified atom stereocenters. The molecular weight excluding hydrogens is 176 g/mol. The van der Waals surface area contributed by atoms with Crippen molar-refractivity contribution in [3.8, 4) is 0 Å². The average Bonchev–Trinajstić information content (AvgIpc) is 2.18. The van der Waals surface area contributed by atoms with Crippen molar-refractivity contribution in [1.82, 2.24) is 0 Å². The second kappa shape index (κ2) is 5.78. The van der Waals surface area contributed by atoms with Crippen molar-refractivity contribution in [2.45, 2.75) is 33.2 Å². The van der Waals surface area contributed by atoms with E-state index in [1.54, 1.807) is 0 Å². The van der Waals surface area contributed by atoms with Gasteiger partial charge in [0.05, 0.1) is 6.10 Å². The van der Waals surface area contributed by atoms with Crippen LogP contribution in [0.5, 0.6) is 0 Å². The Hall–Kier alpha value is -0.860. The largest absolute Gasteiger partial charge is 0.349 e. The standard InChI is InChI=1S/C12H18O2/c1-4-13-12(14-10(2)3)11-8-6-5-7-9-11/h5-10,12H,4H2,1-3H3. The normalized spacial score (nSPS) is 13.1. The second-order valence-electron chi connectivity index (χ2n) is 3.38. The monoisotopic (exact) mass is 194 g/mol. The third-order valence-corrected chi connectivity index (χ3v) is 1.79. The van der Waals surface area contributed by atoms with Crippen LogP contribution in [-0.4, -0.2) is 12.7 Å². The van der Waals surface area contributed by atoms with Gasteiger partial charge in [0.1, 0.15) is 0 Å². The summed E-state index contributed by atoms with van der Waals surface area (Å²) in [5.74, 6) is 0. The molecule has 2 nitrogen and oxygen atoms in total. The molecule has 0 amide bonds. The van der Waals surface area contributed by atoms with E-state index in [1.807, 2.05) is 51.1 Å². The molecule has 1 aromatic rings. The molecule has 0 aliphatic carbocycles. The molecule has 0 bridgehead atoms. The zero-order chi connectivity index (χ0) is 10.4. The first-order valence-electron chi connectivity index (χ1n) is 5.06. The maximum atomic E-state index is 5.65. The van der Waals surface area contributed by atoms with E-state index in [9.17, 15) is 0 Å². The zero-order valence-electron chi connectivity index (χ0n) is 9.07. The molecule has 0 aliphatic rings. The second-order valence-corrected chi connectivity index (χ2v) is 3.38. The molecule has 0 fully saturated rings. The van der Waals surface area contributed by atoms with E-state index in [0.717, 1.165) is 5.56 Å². The van der Waals surface area contributed by atoms with Gasteiger partial charge in [-0.1, -0.05) is 30.3 Å². The summed E-state index contributed by atoms with van der Waals surface area (Å²) in [7, 11) is 0. The molecule has 1 aromatic carbocycles. The van der Waals surface area contributed by atoms with Gasteiger partial charge in [-0.2, -0.15) is 0 Å². The van der Waals surface area contributed by atoms with Crippen LogP contribution in [0.15, 0.2) is 30.3 Å². The molecular formula is C12H18O2. The summed E-state index contributed by atoms with van der Waals surface area (Å²) in [6.45, 7) is 6.65. The highest BCUT2D eigenvalue weighted by atomic mass is 16.7. The van der Waals surface area contributed by atoms with Crippen molar-refractivity contribution in [2.24, 2.45) is 0 Å². The lowest BCUT2D eigenvalue weighted by atomic mass is 10.2. The fourth-order valence-corrected chi connectivity index (χ4v) is 1.22. The maximum Gasteiger partial charge on any atom is 0.184 e. The van der Waals surface area contributed by atoms with Crippen LogP contribution in [0.25, 0.3) is 0 Å². The highest BCUT2D eigenvalue weighted by Crippen LogP contribution is 2.19. The molecule has 0 saturated heterocycles. The zero-order valence-corrected chi connectivity index (χ0v) is 9.07. The Morgan fingerprint density at radius 3 is 2.29 bits per heavy atom. The summed E-state index contributed by atoms with van der Waals surface area (Å²) < 4.78 is 11.2. The van der Waals surface area contributed by atoms with Gasteiger partial charge in [-0.05, 0) is 20.8 Å². The van der Waals surface area contributed by atoms with Crippen molar-refractivity contribution < 1.29 is 9.47 Å². The van der Waals surface area contributed by atoms with Crippen LogP contribution >= 0.6 is 0 Å². The Kier molecular flexibility index (Phi) is 4.63. The number of rotatable bonds is 5.